The first-order chi connectivity index (χ1) is 8.28. The topological polar surface area (TPSA) is 3.24 Å². The second-order valence-corrected chi connectivity index (χ2v) is 8.73. The van der Waals surface area contributed by atoms with Gasteiger partial charge in [-0.2, -0.15) is 0 Å². The summed E-state index contributed by atoms with van der Waals surface area (Å²) in [4.78, 5) is 2.69. The van der Waals surface area contributed by atoms with Crippen LogP contribution in [0.15, 0.2) is 0 Å². The summed E-state index contributed by atoms with van der Waals surface area (Å²) in [5.41, 5.74) is 1.30. The fraction of sp³-hybridized carbons (Fsp3) is 1.00. The lowest BCUT2D eigenvalue weighted by Gasteiger charge is -2.54. The Kier molecular flexibility index (Phi) is 4.11. The van der Waals surface area contributed by atoms with E-state index in [4.69, 9.17) is 0 Å². The van der Waals surface area contributed by atoms with Crippen LogP contribution in [0.4, 0.5) is 0 Å². The van der Waals surface area contributed by atoms with Crippen molar-refractivity contribution in [3.05, 3.63) is 0 Å². The molecule has 1 nitrogen and oxygen atoms in total. The van der Waals surface area contributed by atoms with Crippen molar-refractivity contribution in [2.45, 2.75) is 66.7 Å². The first-order valence-electron chi connectivity index (χ1n) is 8.00. The van der Waals surface area contributed by atoms with Crippen molar-refractivity contribution < 1.29 is 0 Å². The number of hydrogen-bond acceptors (Lipinski definition) is 1. The van der Waals surface area contributed by atoms with Crippen molar-refractivity contribution in [3.8, 4) is 0 Å². The highest BCUT2D eigenvalue weighted by Gasteiger charge is 2.46. The van der Waals surface area contributed by atoms with Crippen LogP contribution in [0.1, 0.15) is 66.7 Å². The maximum atomic E-state index is 2.69. The van der Waals surface area contributed by atoms with Gasteiger partial charge in [-0.25, -0.2) is 0 Å². The molecule has 1 saturated carbocycles. The molecular weight excluding hydrogens is 218 g/mol. The van der Waals surface area contributed by atoms with Crippen molar-refractivity contribution in [1.82, 2.24) is 4.90 Å². The van der Waals surface area contributed by atoms with Gasteiger partial charge in [0.05, 0.1) is 0 Å². The third-order valence-electron chi connectivity index (χ3n) is 4.88. The highest BCUT2D eigenvalue weighted by Crippen LogP contribution is 2.55. The second-order valence-electron chi connectivity index (χ2n) is 8.73. The summed E-state index contributed by atoms with van der Waals surface area (Å²) in [5.74, 6) is 1.86. The molecule has 106 valence electrons. The lowest BCUT2D eigenvalue weighted by Crippen LogP contribution is -2.48. The van der Waals surface area contributed by atoms with E-state index < -0.39 is 0 Å². The summed E-state index contributed by atoms with van der Waals surface area (Å²) in [6.07, 6.45) is 7.44. The zero-order valence-electron chi connectivity index (χ0n) is 13.3. The standard InChI is InChI=1S/C17H33N/c1-14(2)13-18-8-6-17(7-9-18)11-15(12-17)10-16(3,4)5/h14-15H,6-13H2,1-5H3. The van der Waals surface area contributed by atoms with Crippen molar-refractivity contribution in [3.63, 3.8) is 0 Å². The fourth-order valence-corrected chi connectivity index (χ4v) is 4.31. The molecule has 18 heavy (non-hydrogen) atoms. The van der Waals surface area contributed by atoms with Crippen LogP contribution in [0.5, 0.6) is 0 Å². The number of rotatable bonds is 3. The molecule has 0 unspecified atom stereocenters. The van der Waals surface area contributed by atoms with Gasteiger partial charge in [-0.3, -0.25) is 0 Å². The van der Waals surface area contributed by atoms with Crippen LogP contribution in [0.25, 0.3) is 0 Å². The Labute approximate surface area is 114 Å². The number of nitrogens with zero attached hydrogens (tertiary/aromatic N) is 1. The molecule has 0 aromatic heterocycles. The molecule has 1 aliphatic heterocycles. The zero-order valence-corrected chi connectivity index (χ0v) is 13.3. The molecule has 0 radical (unpaired) electrons. The first-order valence-corrected chi connectivity index (χ1v) is 8.00. The molecule has 0 atom stereocenters. The highest BCUT2D eigenvalue weighted by molar-refractivity contribution is 4.97. The summed E-state index contributed by atoms with van der Waals surface area (Å²) in [7, 11) is 0. The number of piperidine rings is 1. The monoisotopic (exact) mass is 251 g/mol. The Morgan fingerprint density at radius 3 is 2.11 bits per heavy atom. The number of hydrogen-bond donors (Lipinski definition) is 0. The van der Waals surface area contributed by atoms with Gasteiger partial charge >= 0.3 is 0 Å². The van der Waals surface area contributed by atoms with Gasteiger partial charge < -0.3 is 4.90 Å². The van der Waals surface area contributed by atoms with Crippen molar-refractivity contribution in [1.29, 1.82) is 0 Å². The van der Waals surface area contributed by atoms with Gasteiger partial charge in [-0.05, 0) is 67.9 Å². The smallest absolute Gasteiger partial charge is 0.000439 e. The largest absolute Gasteiger partial charge is 0.303 e. The van der Waals surface area contributed by atoms with Crippen molar-refractivity contribution in [2.24, 2.45) is 22.7 Å². The first kappa shape index (κ1) is 14.4. The minimum absolute atomic E-state index is 0.532. The molecule has 2 fully saturated rings. The third-order valence-corrected chi connectivity index (χ3v) is 4.88. The Balaban J connectivity index is 1.72. The minimum atomic E-state index is 0.532. The van der Waals surface area contributed by atoms with Crippen LogP contribution in [0.2, 0.25) is 0 Å². The molecule has 1 heteroatoms. The summed E-state index contributed by atoms with van der Waals surface area (Å²) in [5, 5.41) is 0. The van der Waals surface area contributed by atoms with Gasteiger partial charge in [0.2, 0.25) is 0 Å². The second kappa shape index (κ2) is 5.15. The quantitative estimate of drug-likeness (QED) is 0.710. The van der Waals surface area contributed by atoms with Crippen LogP contribution < -0.4 is 0 Å². The molecule has 0 aromatic rings. The Bertz CT molecular complexity index is 258. The normalized spacial score (nSPS) is 25.7. The molecule has 0 bridgehead atoms. The SMILES string of the molecule is CC(C)CN1CCC2(CC1)CC(CC(C)(C)C)C2. The van der Waals surface area contributed by atoms with Crippen LogP contribution in [0.3, 0.4) is 0 Å². The van der Waals surface area contributed by atoms with Gasteiger partial charge in [0.25, 0.3) is 0 Å². The van der Waals surface area contributed by atoms with Gasteiger partial charge in [0, 0.05) is 6.54 Å². The molecule has 2 rings (SSSR count). The average Bonchev–Trinajstić information content (AvgIpc) is 2.15. The number of likely N-dealkylation sites (tertiary alicyclic amines) is 1. The maximum absolute atomic E-state index is 2.69. The fourth-order valence-electron chi connectivity index (χ4n) is 4.31. The van der Waals surface area contributed by atoms with Gasteiger partial charge in [0.15, 0.2) is 0 Å². The van der Waals surface area contributed by atoms with E-state index in [1.807, 2.05) is 0 Å². The average molecular weight is 251 g/mol. The summed E-state index contributed by atoms with van der Waals surface area (Å²) in [6, 6.07) is 0. The molecule has 1 heterocycles. The molecule has 0 N–H and O–H groups in total. The van der Waals surface area contributed by atoms with E-state index >= 15 is 0 Å². The molecule has 0 amide bonds. The summed E-state index contributed by atoms with van der Waals surface area (Å²) in [6.45, 7) is 15.9. The zero-order chi connectivity index (χ0) is 13.4. The lowest BCUT2D eigenvalue weighted by molar-refractivity contribution is -0.0290. The van der Waals surface area contributed by atoms with Crippen LogP contribution in [0, 0.1) is 22.7 Å². The third kappa shape index (κ3) is 3.73. The maximum Gasteiger partial charge on any atom is 0.000439 e. The minimum Gasteiger partial charge on any atom is -0.303 e. The molecule has 0 aromatic carbocycles. The van der Waals surface area contributed by atoms with E-state index in [2.05, 4.69) is 39.5 Å². The summed E-state index contributed by atoms with van der Waals surface area (Å²) >= 11 is 0. The van der Waals surface area contributed by atoms with Crippen LogP contribution in [-0.2, 0) is 0 Å². The van der Waals surface area contributed by atoms with E-state index in [0.29, 0.717) is 5.41 Å². The van der Waals surface area contributed by atoms with E-state index in [-0.39, 0.29) is 0 Å². The van der Waals surface area contributed by atoms with E-state index in [0.717, 1.165) is 17.3 Å². The molecule has 1 saturated heterocycles. The Morgan fingerprint density at radius 1 is 1.11 bits per heavy atom. The predicted octanol–water partition coefficient (Wildman–Crippen LogP) is 4.57. The van der Waals surface area contributed by atoms with E-state index in [1.165, 1.54) is 51.7 Å². The van der Waals surface area contributed by atoms with Gasteiger partial charge in [-0.15, -0.1) is 0 Å². The van der Waals surface area contributed by atoms with Crippen molar-refractivity contribution >= 4 is 0 Å². The van der Waals surface area contributed by atoms with Gasteiger partial charge in [-0.1, -0.05) is 34.6 Å². The molecule has 1 spiro atoms. The van der Waals surface area contributed by atoms with E-state index in [1.54, 1.807) is 0 Å². The van der Waals surface area contributed by atoms with Crippen LogP contribution >= 0.6 is 0 Å². The Morgan fingerprint density at radius 2 is 1.67 bits per heavy atom. The predicted molar refractivity (Wildman–Crippen MR) is 79.7 cm³/mol. The van der Waals surface area contributed by atoms with Crippen molar-refractivity contribution in [2.75, 3.05) is 19.6 Å². The summed E-state index contributed by atoms with van der Waals surface area (Å²) < 4.78 is 0. The Hall–Kier alpha value is -0.0400. The molecule has 1 aliphatic carbocycles. The van der Waals surface area contributed by atoms with Gasteiger partial charge in [0.1, 0.15) is 0 Å². The lowest BCUT2D eigenvalue weighted by atomic mass is 9.55. The van der Waals surface area contributed by atoms with E-state index in [9.17, 15) is 0 Å². The molecular formula is C17H33N. The highest BCUT2D eigenvalue weighted by atomic mass is 15.1. The molecule has 2 aliphatic rings. The van der Waals surface area contributed by atoms with Crippen LogP contribution in [-0.4, -0.2) is 24.5 Å².